The largest absolute Gasteiger partial charge is 0.464 e. The fraction of sp³-hybridized carbons (Fsp3) is 0.714. The summed E-state index contributed by atoms with van der Waals surface area (Å²) in [5.74, 6) is -9.99. The van der Waals surface area contributed by atoms with Crippen LogP contribution in [0.15, 0.2) is 12.2 Å². The van der Waals surface area contributed by atoms with Gasteiger partial charge in [-0.1, -0.05) is 12.2 Å². The van der Waals surface area contributed by atoms with Crippen molar-refractivity contribution in [2.75, 3.05) is 0 Å². The van der Waals surface area contributed by atoms with Crippen LogP contribution in [0.25, 0.3) is 0 Å². The number of fused-ring (bicyclic) bond motifs is 2. The van der Waals surface area contributed by atoms with Gasteiger partial charge in [-0.25, -0.2) is 0 Å². The Hall–Kier alpha value is -1.60. The second-order valence-electron chi connectivity index (χ2n) is 3.69. The lowest BCUT2D eigenvalue weighted by molar-refractivity contribution is -0.737. The summed E-state index contributed by atoms with van der Waals surface area (Å²) in [6.07, 6.45) is 2.04. The van der Waals surface area contributed by atoms with Crippen molar-refractivity contribution in [3.8, 4) is 0 Å². The Morgan fingerprint density at radius 2 is 1.40 bits per heavy atom. The van der Waals surface area contributed by atoms with E-state index in [1.165, 1.54) is 0 Å². The van der Waals surface area contributed by atoms with Crippen LogP contribution in [0.1, 0.15) is 6.42 Å². The maximum absolute atomic E-state index is 13.9. The van der Waals surface area contributed by atoms with E-state index in [9.17, 15) is 29.0 Å². The molecule has 82 valence electrons. The van der Waals surface area contributed by atoms with Gasteiger partial charge in [0.25, 0.3) is 0 Å². The van der Waals surface area contributed by atoms with Gasteiger partial charge in [0.15, 0.2) is 0 Å². The molecule has 2 aliphatic carbocycles. The van der Waals surface area contributed by atoms with Crippen molar-refractivity contribution in [3.63, 3.8) is 0 Å². The highest BCUT2D eigenvalue weighted by molar-refractivity contribution is 5.21. The predicted octanol–water partition coefficient (Wildman–Crippen LogP) is 1.08. The Labute approximate surface area is 81.9 Å². The molecule has 4 atom stereocenters. The van der Waals surface area contributed by atoms with Crippen LogP contribution < -0.4 is 0 Å². The van der Waals surface area contributed by atoms with Crippen molar-refractivity contribution in [2.45, 2.75) is 18.0 Å². The summed E-state index contributed by atoms with van der Waals surface area (Å²) in [6.45, 7) is 0. The maximum atomic E-state index is 13.9. The number of halogens is 2. The molecule has 15 heavy (non-hydrogen) atoms. The molecule has 0 N–H and O–H groups in total. The van der Waals surface area contributed by atoms with Crippen molar-refractivity contribution in [1.29, 1.82) is 0 Å². The molecule has 0 amide bonds. The summed E-state index contributed by atoms with van der Waals surface area (Å²) in [4.78, 5) is 17.9. The van der Waals surface area contributed by atoms with E-state index in [1.807, 2.05) is 0 Å². The smallest absolute Gasteiger partial charge is 0.261 e. The van der Waals surface area contributed by atoms with Crippen molar-refractivity contribution in [1.82, 2.24) is 0 Å². The summed E-state index contributed by atoms with van der Waals surface area (Å²) >= 11 is 0. The summed E-state index contributed by atoms with van der Waals surface area (Å²) in [5.41, 5.74) is 0. The Morgan fingerprint density at radius 1 is 1.07 bits per heavy atom. The van der Waals surface area contributed by atoms with E-state index in [-0.39, 0.29) is 6.42 Å². The zero-order chi connectivity index (χ0) is 11.4. The summed E-state index contributed by atoms with van der Waals surface area (Å²) in [5, 5.41) is 21.0. The van der Waals surface area contributed by atoms with Gasteiger partial charge in [-0.2, -0.15) is 8.78 Å². The molecule has 0 heterocycles. The topological polar surface area (TPSA) is 86.3 Å². The first-order valence-corrected chi connectivity index (χ1v) is 4.20. The molecule has 0 aromatic rings. The summed E-state index contributed by atoms with van der Waals surface area (Å²) in [7, 11) is 0. The van der Waals surface area contributed by atoms with Crippen LogP contribution in [0.4, 0.5) is 8.78 Å². The van der Waals surface area contributed by atoms with E-state index in [0.717, 1.165) is 12.2 Å². The molecule has 1 saturated carbocycles. The highest BCUT2D eigenvalue weighted by Crippen LogP contribution is 2.57. The second-order valence-corrected chi connectivity index (χ2v) is 3.69. The van der Waals surface area contributed by atoms with Crippen LogP contribution in [0, 0.1) is 32.1 Å². The number of nitrogens with zero attached hydrogens (tertiary/aromatic N) is 2. The number of rotatable bonds is 2. The molecule has 6 nitrogen and oxygen atoms in total. The first kappa shape index (κ1) is 9.94. The van der Waals surface area contributed by atoms with E-state index in [2.05, 4.69) is 0 Å². The first-order valence-electron chi connectivity index (χ1n) is 4.20. The monoisotopic (exact) mass is 220 g/mol. The average molecular weight is 220 g/mol. The average Bonchev–Trinajstić information content (AvgIpc) is 2.69. The van der Waals surface area contributed by atoms with Crippen LogP contribution in [-0.2, 0) is 0 Å². The quantitative estimate of drug-likeness (QED) is 0.301. The Morgan fingerprint density at radius 3 is 1.67 bits per heavy atom. The molecule has 0 aromatic heterocycles. The zero-order valence-corrected chi connectivity index (χ0v) is 7.30. The van der Waals surface area contributed by atoms with Crippen molar-refractivity contribution in [3.05, 3.63) is 32.4 Å². The van der Waals surface area contributed by atoms with Gasteiger partial charge in [0.2, 0.25) is 0 Å². The molecule has 0 aliphatic heterocycles. The molecule has 0 radical (unpaired) electrons. The van der Waals surface area contributed by atoms with Gasteiger partial charge < -0.3 is 0 Å². The molecule has 2 aliphatic rings. The molecule has 0 spiro atoms. The number of hydrogen-bond donors (Lipinski definition) is 0. The Kier molecular flexibility index (Phi) is 1.65. The molecular formula is C7H6F2N2O4. The second kappa shape index (κ2) is 2.50. The third kappa shape index (κ3) is 0.822. The SMILES string of the molecule is O=[N+]([O-])[C@]1(F)[C@@H]2C=C[C@@H](C2)[C@@]1(F)[N+](=O)[O-]. The fourth-order valence-electron chi connectivity index (χ4n) is 2.31. The molecule has 0 aromatic carbocycles. The van der Waals surface area contributed by atoms with Crippen molar-refractivity contribution >= 4 is 0 Å². The molecule has 2 rings (SSSR count). The minimum absolute atomic E-state index is 0.227. The minimum Gasteiger partial charge on any atom is -0.261 e. The van der Waals surface area contributed by atoms with Crippen LogP contribution >= 0.6 is 0 Å². The summed E-state index contributed by atoms with van der Waals surface area (Å²) in [6, 6.07) is 0. The van der Waals surface area contributed by atoms with Gasteiger partial charge in [0, 0.05) is 0 Å². The minimum atomic E-state index is -3.64. The van der Waals surface area contributed by atoms with Gasteiger partial charge in [0.1, 0.15) is 0 Å². The van der Waals surface area contributed by atoms with Crippen LogP contribution in [0.2, 0.25) is 0 Å². The molecule has 8 heteroatoms. The van der Waals surface area contributed by atoms with E-state index >= 15 is 0 Å². The van der Waals surface area contributed by atoms with Gasteiger partial charge in [-0.05, 0) is 6.42 Å². The third-order valence-electron chi connectivity index (χ3n) is 3.09. The molecule has 1 fully saturated rings. The van der Waals surface area contributed by atoms with Crippen LogP contribution in [-0.4, -0.2) is 21.4 Å². The molecular weight excluding hydrogens is 214 g/mol. The van der Waals surface area contributed by atoms with Gasteiger partial charge in [-0.3, -0.25) is 20.2 Å². The molecule has 2 bridgehead atoms. The Balaban J connectivity index is 2.59. The number of hydrogen-bond acceptors (Lipinski definition) is 4. The van der Waals surface area contributed by atoms with Gasteiger partial charge in [-0.15, -0.1) is 0 Å². The fourth-order valence-corrected chi connectivity index (χ4v) is 2.31. The van der Waals surface area contributed by atoms with Crippen LogP contribution in [0.3, 0.4) is 0 Å². The lowest BCUT2D eigenvalue weighted by Gasteiger charge is -2.25. The Bertz CT molecular complexity index is 353. The van der Waals surface area contributed by atoms with E-state index in [1.54, 1.807) is 0 Å². The van der Waals surface area contributed by atoms with Crippen molar-refractivity contribution < 1.29 is 18.6 Å². The summed E-state index contributed by atoms with van der Waals surface area (Å²) < 4.78 is 27.7. The number of nitro groups is 2. The third-order valence-corrected chi connectivity index (χ3v) is 3.09. The zero-order valence-electron chi connectivity index (χ0n) is 7.30. The highest BCUT2D eigenvalue weighted by Gasteiger charge is 2.86. The van der Waals surface area contributed by atoms with E-state index in [4.69, 9.17) is 0 Å². The van der Waals surface area contributed by atoms with Gasteiger partial charge >= 0.3 is 11.6 Å². The molecule has 0 unspecified atom stereocenters. The maximum Gasteiger partial charge on any atom is 0.464 e. The van der Waals surface area contributed by atoms with E-state index < -0.39 is 33.3 Å². The first-order chi connectivity index (χ1) is 6.85. The van der Waals surface area contributed by atoms with E-state index in [0.29, 0.717) is 0 Å². The number of alkyl halides is 2. The molecule has 0 saturated heterocycles. The lowest BCUT2D eigenvalue weighted by Crippen LogP contribution is -2.60. The normalized spacial score (nSPS) is 47.1. The predicted molar refractivity (Wildman–Crippen MR) is 42.4 cm³/mol. The van der Waals surface area contributed by atoms with Gasteiger partial charge in [0.05, 0.1) is 21.7 Å². The lowest BCUT2D eigenvalue weighted by atomic mass is 9.92. The van der Waals surface area contributed by atoms with Crippen molar-refractivity contribution in [2.24, 2.45) is 11.8 Å². The van der Waals surface area contributed by atoms with Crippen LogP contribution in [0.5, 0.6) is 0 Å². The standard InChI is InChI=1S/C7H6F2N2O4/c8-6(10(12)13)4-1-2-5(3-4)7(6,9)11(14)15/h1-2,4-5H,3H2/t4-,5+,6-,7-/m1/s1. The highest BCUT2D eigenvalue weighted by atomic mass is 19.2.